The number of nitrogens with two attached hydrogens (primary N) is 1. The van der Waals surface area contributed by atoms with Crippen LogP contribution in [0.25, 0.3) is 6.08 Å². The minimum Gasteiger partial charge on any atom is -0.463 e. The molecule has 0 saturated carbocycles. The van der Waals surface area contributed by atoms with Gasteiger partial charge in [0.05, 0.1) is 6.61 Å². The van der Waals surface area contributed by atoms with Gasteiger partial charge in [0.15, 0.2) is 0 Å². The van der Waals surface area contributed by atoms with Gasteiger partial charge in [0.2, 0.25) is 0 Å². The van der Waals surface area contributed by atoms with Crippen LogP contribution < -0.4 is 5.73 Å². The van der Waals surface area contributed by atoms with Crippen molar-refractivity contribution < 1.29 is 9.53 Å². The zero-order valence-corrected chi connectivity index (χ0v) is 10.7. The van der Waals surface area contributed by atoms with Crippen molar-refractivity contribution in [2.24, 2.45) is 5.73 Å². The van der Waals surface area contributed by atoms with Gasteiger partial charge in [-0.15, -0.1) is 0 Å². The van der Waals surface area contributed by atoms with E-state index in [1.54, 1.807) is 6.08 Å². The molecule has 1 aromatic carbocycles. The number of benzene rings is 1. The lowest BCUT2D eigenvalue weighted by Crippen LogP contribution is -2.03. The summed E-state index contributed by atoms with van der Waals surface area (Å²) >= 11 is 0. The molecule has 0 unspecified atom stereocenters. The molecule has 0 aliphatic heterocycles. The van der Waals surface area contributed by atoms with Crippen LogP contribution in [0.4, 0.5) is 0 Å². The van der Waals surface area contributed by atoms with Crippen molar-refractivity contribution in [3.05, 3.63) is 42.0 Å². The zero-order valence-electron chi connectivity index (χ0n) is 10.7. The van der Waals surface area contributed by atoms with Crippen molar-refractivity contribution in [2.75, 3.05) is 13.2 Å². The molecule has 3 nitrogen and oxygen atoms in total. The van der Waals surface area contributed by atoms with Gasteiger partial charge < -0.3 is 10.5 Å². The molecule has 0 aromatic heterocycles. The fourth-order valence-electron chi connectivity index (χ4n) is 1.55. The van der Waals surface area contributed by atoms with E-state index < -0.39 is 0 Å². The molecule has 0 fully saturated rings. The minimum atomic E-state index is -0.280. The van der Waals surface area contributed by atoms with Gasteiger partial charge in [-0.25, -0.2) is 4.79 Å². The summed E-state index contributed by atoms with van der Waals surface area (Å²) in [4.78, 5) is 11.4. The maximum atomic E-state index is 11.4. The van der Waals surface area contributed by atoms with Gasteiger partial charge in [-0.1, -0.05) is 43.2 Å². The second-order valence-corrected chi connectivity index (χ2v) is 4.11. The lowest BCUT2D eigenvalue weighted by molar-refractivity contribution is -0.137. The van der Waals surface area contributed by atoms with Gasteiger partial charge in [0.1, 0.15) is 0 Å². The normalized spacial score (nSPS) is 10.7. The Hall–Kier alpha value is -1.61. The number of rotatable bonds is 8. The third-order valence-corrected chi connectivity index (χ3v) is 2.55. The maximum absolute atomic E-state index is 11.4. The maximum Gasteiger partial charge on any atom is 0.330 e. The molecular weight excluding hydrogens is 226 g/mol. The van der Waals surface area contributed by atoms with E-state index in [-0.39, 0.29) is 5.97 Å². The average molecular weight is 247 g/mol. The number of ether oxygens (including phenoxy) is 1. The van der Waals surface area contributed by atoms with Crippen LogP contribution in [0.15, 0.2) is 36.4 Å². The van der Waals surface area contributed by atoms with Gasteiger partial charge >= 0.3 is 5.97 Å². The molecule has 0 radical (unpaired) electrons. The minimum absolute atomic E-state index is 0.280. The summed E-state index contributed by atoms with van der Waals surface area (Å²) < 4.78 is 5.09. The van der Waals surface area contributed by atoms with E-state index in [2.05, 4.69) is 0 Å². The number of hydrogen-bond donors (Lipinski definition) is 1. The summed E-state index contributed by atoms with van der Waals surface area (Å²) in [7, 11) is 0. The smallest absolute Gasteiger partial charge is 0.330 e. The highest BCUT2D eigenvalue weighted by atomic mass is 16.5. The van der Waals surface area contributed by atoms with Crippen LogP contribution in [0.5, 0.6) is 0 Å². The number of carbonyl (C=O) groups excluding carboxylic acids is 1. The summed E-state index contributed by atoms with van der Waals surface area (Å²) in [6.45, 7) is 1.22. The Morgan fingerprint density at radius 2 is 1.83 bits per heavy atom. The molecular formula is C15H21NO2. The Morgan fingerprint density at radius 3 is 2.56 bits per heavy atom. The van der Waals surface area contributed by atoms with E-state index >= 15 is 0 Å². The predicted octanol–water partition coefficient (Wildman–Crippen LogP) is 2.76. The molecule has 0 aliphatic carbocycles. The molecule has 1 aromatic rings. The Bertz CT molecular complexity index is 360. The molecule has 3 heteroatoms. The first kappa shape index (κ1) is 14.5. The third-order valence-electron chi connectivity index (χ3n) is 2.55. The van der Waals surface area contributed by atoms with E-state index in [1.165, 1.54) is 6.08 Å². The summed E-state index contributed by atoms with van der Waals surface area (Å²) in [5.41, 5.74) is 6.39. The van der Waals surface area contributed by atoms with Gasteiger partial charge in [0, 0.05) is 6.08 Å². The molecule has 0 heterocycles. The second kappa shape index (κ2) is 9.42. The summed E-state index contributed by atoms with van der Waals surface area (Å²) in [6, 6.07) is 9.69. The molecule has 0 saturated heterocycles. The fourth-order valence-corrected chi connectivity index (χ4v) is 1.55. The number of carbonyl (C=O) groups is 1. The SMILES string of the molecule is NCCCCCCOC(=O)/C=C/c1ccccc1. The Balaban J connectivity index is 2.12. The molecule has 98 valence electrons. The summed E-state index contributed by atoms with van der Waals surface area (Å²) in [6.07, 6.45) is 7.35. The highest BCUT2D eigenvalue weighted by molar-refractivity contribution is 5.86. The van der Waals surface area contributed by atoms with Gasteiger partial charge in [-0.05, 0) is 31.0 Å². The van der Waals surface area contributed by atoms with Crippen LogP contribution >= 0.6 is 0 Å². The highest BCUT2D eigenvalue weighted by Gasteiger charge is 1.96. The standard InChI is InChI=1S/C15H21NO2/c16-12-6-1-2-7-13-18-15(17)11-10-14-8-4-3-5-9-14/h3-5,8-11H,1-2,6-7,12-13,16H2/b11-10+. The van der Waals surface area contributed by atoms with Crippen LogP contribution in [-0.2, 0) is 9.53 Å². The quantitative estimate of drug-likeness (QED) is 0.436. The first-order chi connectivity index (χ1) is 8.83. The molecule has 0 spiro atoms. The lowest BCUT2D eigenvalue weighted by Gasteiger charge is -2.01. The lowest BCUT2D eigenvalue weighted by atomic mass is 10.2. The third kappa shape index (κ3) is 6.86. The van der Waals surface area contributed by atoms with Gasteiger partial charge in [-0.2, -0.15) is 0 Å². The van der Waals surface area contributed by atoms with Crippen LogP contribution in [0, 0.1) is 0 Å². The average Bonchev–Trinajstić information content (AvgIpc) is 2.41. The Kier molecular flexibility index (Phi) is 7.57. The first-order valence-corrected chi connectivity index (χ1v) is 6.43. The number of esters is 1. The molecule has 1 rings (SSSR count). The Morgan fingerprint density at radius 1 is 1.11 bits per heavy atom. The molecule has 2 N–H and O–H groups in total. The van der Waals surface area contributed by atoms with Crippen molar-refractivity contribution in [1.82, 2.24) is 0 Å². The van der Waals surface area contributed by atoms with Crippen molar-refractivity contribution in [1.29, 1.82) is 0 Å². The molecule has 0 bridgehead atoms. The van der Waals surface area contributed by atoms with E-state index in [0.29, 0.717) is 6.61 Å². The van der Waals surface area contributed by atoms with Gasteiger partial charge in [0.25, 0.3) is 0 Å². The van der Waals surface area contributed by atoms with Crippen molar-refractivity contribution in [2.45, 2.75) is 25.7 Å². The fraction of sp³-hybridized carbons (Fsp3) is 0.400. The van der Waals surface area contributed by atoms with E-state index in [9.17, 15) is 4.79 Å². The highest BCUT2D eigenvalue weighted by Crippen LogP contribution is 2.02. The van der Waals surface area contributed by atoms with Gasteiger partial charge in [-0.3, -0.25) is 0 Å². The van der Waals surface area contributed by atoms with Crippen LogP contribution in [0.2, 0.25) is 0 Å². The first-order valence-electron chi connectivity index (χ1n) is 6.43. The van der Waals surface area contributed by atoms with Crippen LogP contribution in [0.3, 0.4) is 0 Å². The monoisotopic (exact) mass is 247 g/mol. The zero-order chi connectivity index (χ0) is 13.1. The van der Waals surface area contributed by atoms with Crippen LogP contribution in [-0.4, -0.2) is 19.1 Å². The van der Waals surface area contributed by atoms with E-state index in [4.69, 9.17) is 10.5 Å². The van der Waals surface area contributed by atoms with E-state index in [0.717, 1.165) is 37.8 Å². The predicted molar refractivity (Wildman–Crippen MR) is 74.0 cm³/mol. The van der Waals surface area contributed by atoms with Crippen molar-refractivity contribution >= 4 is 12.0 Å². The largest absolute Gasteiger partial charge is 0.463 e. The summed E-state index contributed by atoms with van der Waals surface area (Å²) in [5, 5.41) is 0. The molecule has 18 heavy (non-hydrogen) atoms. The second-order valence-electron chi connectivity index (χ2n) is 4.11. The van der Waals surface area contributed by atoms with Crippen molar-refractivity contribution in [3.63, 3.8) is 0 Å². The molecule has 0 amide bonds. The molecule has 0 aliphatic rings. The topological polar surface area (TPSA) is 52.3 Å². The summed E-state index contributed by atoms with van der Waals surface area (Å²) in [5.74, 6) is -0.280. The van der Waals surface area contributed by atoms with E-state index in [1.807, 2.05) is 30.3 Å². The molecule has 0 atom stereocenters. The number of unbranched alkanes of at least 4 members (excludes halogenated alkanes) is 3. The van der Waals surface area contributed by atoms with Crippen molar-refractivity contribution in [3.8, 4) is 0 Å². The Labute approximate surface area is 109 Å². The number of hydrogen-bond acceptors (Lipinski definition) is 3. The van der Waals surface area contributed by atoms with Crippen LogP contribution in [0.1, 0.15) is 31.2 Å².